The van der Waals surface area contributed by atoms with E-state index < -0.39 is 0 Å². The Morgan fingerprint density at radius 2 is 2.13 bits per heavy atom. The minimum Gasteiger partial charge on any atom is -0.314 e. The predicted octanol–water partition coefficient (Wildman–Crippen LogP) is 2.99. The molecule has 0 amide bonds. The number of hydrogen-bond donors (Lipinski definition) is 1. The largest absolute Gasteiger partial charge is 0.314 e. The molecule has 0 saturated carbocycles. The summed E-state index contributed by atoms with van der Waals surface area (Å²) in [6, 6.07) is 7.49. The van der Waals surface area contributed by atoms with Crippen LogP contribution in [0.3, 0.4) is 0 Å². The molecule has 1 heteroatoms. The lowest BCUT2D eigenvalue weighted by Gasteiger charge is -2.24. The van der Waals surface area contributed by atoms with Crippen LogP contribution in [0.5, 0.6) is 0 Å². The van der Waals surface area contributed by atoms with Gasteiger partial charge in [0, 0.05) is 6.04 Å². The fourth-order valence-corrected chi connectivity index (χ4v) is 2.38. The summed E-state index contributed by atoms with van der Waals surface area (Å²) in [6.45, 7) is 5.60. The van der Waals surface area contributed by atoms with Crippen LogP contribution in [-0.2, 0) is 6.42 Å². The van der Waals surface area contributed by atoms with Gasteiger partial charge in [0.05, 0.1) is 0 Å². The summed E-state index contributed by atoms with van der Waals surface area (Å²) < 4.78 is 0. The molecular weight excluding hydrogens is 182 g/mol. The standard InChI is InChI=1S/C14H21N/c1-11-6-7-12(2)13(9-11)10-14-5-3-4-8-15-14/h6-7,9,14-15H,3-5,8,10H2,1-2H3. The summed E-state index contributed by atoms with van der Waals surface area (Å²) >= 11 is 0. The number of aryl methyl sites for hydroxylation is 2. The quantitative estimate of drug-likeness (QED) is 0.779. The zero-order valence-corrected chi connectivity index (χ0v) is 9.84. The predicted molar refractivity (Wildman–Crippen MR) is 65.3 cm³/mol. The van der Waals surface area contributed by atoms with Crippen molar-refractivity contribution >= 4 is 0 Å². The number of rotatable bonds is 2. The number of hydrogen-bond acceptors (Lipinski definition) is 1. The van der Waals surface area contributed by atoms with E-state index in [1.807, 2.05) is 0 Å². The van der Waals surface area contributed by atoms with E-state index in [1.54, 1.807) is 0 Å². The Balaban J connectivity index is 2.05. The minimum atomic E-state index is 0.708. The molecule has 0 spiro atoms. The molecule has 1 N–H and O–H groups in total. The maximum atomic E-state index is 3.61. The molecule has 0 aromatic heterocycles. The molecule has 1 nitrogen and oxygen atoms in total. The number of piperidine rings is 1. The lowest BCUT2D eigenvalue weighted by atomic mass is 9.94. The summed E-state index contributed by atoms with van der Waals surface area (Å²) in [6.07, 6.45) is 5.28. The highest BCUT2D eigenvalue weighted by Gasteiger charge is 2.13. The van der Waals surface area contributed by atoms with Crippen LogP contribution in [0.15, 0.2) is 18.2 Å². The second-order valence-electron chi connectivity index (χ2n) is 4.78. The fraction of sp³-hybridized carbons (Fsp3) is 0.571. The summed E-state index contributed by atoms with van der Waals surface area (Å²) in [5.41, 5.74) is 4.34. The molecule has 82 valence electrons. The Labute approximate surface area is 92.9 Å². The molecule has 0 bridgehead atoms. The molecule has 1 fully saturated rings. The SMILES string of the molecule is Cc1ccc(C)c(CC2CCCCN2)c1. The van der Waals surface area contributed by atoms with Gasteiger partial charge in [0.2, 0.25) is 0 Å². The van der Waals surface area contributed by atoms with Crippen molar-refractivity contribution in [3.63, 3.8) is 0 Å². The average Bonchev–Trinajstić information content (AvgIpc) is 2.25. The molecule has 1 aliphatic rings. The first kappa shape index (κ1) is 10.7. The summed E-state index contributed by atoms with van der Waals surface area (Å²) in [5.74, 6) is 0. The van der Waals surface area contributed by atoms with Crippen molar-refractivity contribution in [2.45, 2.75) is 45.6 Å². The van der Waals surface area contributed by atoms with Crippen molar-refractivity contribution in [2.75, 3.05) is 6.54 Å². The van der Waals surface area contributed by atoms with Crippen molar-refractivity contribution in [3.8, 4) is 0 Å². The van der Waals surface area contributed by atoms with Gasteiger partial charge in [-0.25, -0.2) is 0 Å². The van der Waals surface area contributed by atoms with Crippen LogP contribution in [-0.4, -0.2) is 12.6 Å². The van der Waals surface area contributed by atoms with Gasteiger partial charge in [0.15, 0.2) is 0 Å². The first-order chi connectivity index (χ1) is 7.25. The Bertz CT molecular complexity index is 324. The van der Waals surface area contributed by atoms with E-state index in [2.05, 4.69) is 37.4 Å². The van der Waals surface area contributed by atoms with Crippen LogP contribution >= 0.6 is 0 Å². The Kier molecular flexibility index (Phi) is 3.42. The Morgan fingerprint density at radius 3 is 2.87 bits per heavy atom. The zero-order chi connectivity index (χ0) is 10.7. The highest BCUT2D eigenvalue weighted by atomic mass is 14.9. The molecule has 1 saturated heterocycles. The van der Waals surface area contributed by atoms with E-state index in [1.165, 1.54) is 48.9 Å². The third-order valence-corrected chi connectivity index (χ3v) is 3.38. The molecule has 1 aliphatic heterocycles. The van der Waals surface area contributed by atoms with E-state index in [-0.39, 0.29) is 0 Å². The van der Waals surface area contributed by atoms with Gasteiger partial charge in [-0.2, -0.15) is 0 Å². The maximum Gasteiger partial charge on any atom is 0.0108 e. The first-order valence-corrected chi connectivity index (χ1v) is 6.05. The molecule has 2 rings (SSSR count). The van der Waals surface area contributed by atoms with Gasteiger partial charge < -0.3 is 5.32 Å². The van der Waals surface area contributed by atoms with Crippen LogP contribution in [0.4, 0.5) is 0 Å². The average molecular weight is 203 g/mol. The molecule has 0 aliphatic carbocycles. The first-order valence-electron chi connectivity index (χ1n) is 6.05. The van der Waals surface area contributed by atoms with Crippen LogP contribution in [0.1, 0.15) is 36.0 Å². The Morgan fingerprint density at radius 1 is 1.27 bits per heavy atom. The highest BCUT2D eigenvalue weighted by molar-refractivity contribution is 5.31. The van der Waals surface area contributed by atoms with Crippen molar-refractivity contribution in [1.82, 2.24) is 5.32 Å². The lowest BCUT2D eigenvalue weighted by Crippen LogP contribution is -2.35. The zero-order valence-electron chi connectivity index (χ0n) is 9.84. The smallest absolute Gasteiger partial charge is 0.0108 e. The van der Waals surface area contributed by atoms with Gasteiger partial charge in [-0.05, 0) is 50.8 Å². The van der Waals surface area contributed by atoms with Crippen molar-refractivity contribution in [3.05, 3.63) is 34.9 Å². The lowest BCUT2D eigenvalue weighted by molar-refractivity contribution is 0.399. The van der Waals surface area contributed by atoms with Crippen LogP contribution in [0.2, 0.25) is 0 Å². The van der Waals surface area contributed by atoms with Gasteiger partial charge in [0.25, 0.3) is 0 Å². The second-order valence-corrected chi connectivity index (χ2v) is 4.78. The molecule has 1 atom stereocenters. The van der Waals surface area contributed by atoms with E-state index in [9.17, 15) is 0 Å². The third-order valence-electron chi connectivity index (χ3n) is 3.38. The normalized spacial score (nSPS) is 21.6. The topological polar surface area (TPSA) is 12.0 Å². The Hall–Kier alpha value is -0.820. The second kappa shape index (κ2) is 4.80. The van der Waals surface area contributed by atoms with Gasteiger partial charge >= 0.3 is 0 Å². The van der Waals surface area contributed by atoms with Crippen molar-refractivity contribution < 1.29 is 0 Å². The molecule has 1 unspecified atom stereocenters. The monoisotopic (exact) mass is 203 g/mol. The van der Waals surface area contributed by atoms with Crippen LogP contribution < -0.4 is 5.32 Å². The summed E-state index contributed by atoms with van der Waals surface area (Å²) in [5, 5.41) is 3.61. The van der Waals surface area contributed by atoms with E-state index in [0.717, 1.165) is 0 Å². The van der Waals surface area contributed by atoms with E-state index in [0.29, 0.717) is 6.04 Å². The molecule has 1 aromatic carbocycles. The minimum absolute atomic E-state index is 0.708. The molecule has 0 radical (unpaired) electrons. The van der Waals surface area contributed by atoms with Crippen LogP contribution in [0.25, 0.3) is 0 Å². The van der Waals surface area contributed by atoms with E-state index >= 15 is 0 Å². The number of benzene rings is 1. The fourth-order valence-electron chi connectivity index (χ4n) is 2.38. The van der Waals surface area contributed by atoms with Crippen LogP contribution in [0, 0.1) is 13.8 Å². The highest BCUT2D eigenvalue weighted by Crippen LogP contribution is 2.16. The molecule has 15 heavy (non-hydrogen) atoms. The maximum absolute atomic E-state index is 3.61. The third kappa shape index (κ3) is 2.82. The van der Waals surface area contributed by atoms with Gasteiger partial charge in [-0.1, -0.05) is 30.2 Å². The van der Waals surface area contributed by atoms with E-state index in [4.69, 9.17) is 0 Å². The molecular formula is C14H21N. The molecule has 1 heterocycles. The van der Waals surface area contributed by atoms with Gasteiger partial charge in [-0.15, -0.1) is 0 Å². The number of nitrogens with one attached hydrogen (secondary N) is 1. The van der Waals surface area contributed by atoms with Crippen molar-refractivity contribution in [1.29, 1.82) is 0 Å². The van der Waals surface area contributed by atoms with Crippen molar-refractivity contribution in [2.24, 2.45) is 0 Å². The summed E-state index contributed by atoms with van der Waals surface area (Å²) in [4.78, 5) is 0. The van der Waals surface area contributed by atoms with Gasteiger partial charge in [0.1, 0.15) is 0 Å². The molecule has 1 aromatic rings. The van der Waals surface area contributed by atoms with Gasteiger partial charge in [-0.3, -0.25) is 0 Å². The summed E-state index contributed by atoms with van der Waals surface area (Å²) in [7, 11) is 0.